The van der Waals surface area contributed by atoms with Crippen LogP contribution < -0.4 is 18.9 Å². The molecular weight excluding hydrogens is 259 g/mol. The van der Waals surface area contributed by atoms with Crippen molar-refractivity contribution in [3.05, 3.63) is 23.9 Å². The van der Waals surface area contributed by atoms with Crippen molar-refractivity contribution < 1.29 is 28.4 Å². The van der Waals surface area contributed by atoms with Crippen LogP contribution in [-0.4, -0.2) is 35.4 Å². The van der Waals surface area contributed by atoms with Crippen LogP contribution >= 0.6 is 11.6 Å². The topological polar surface area (TPSA) is 41.9 Å². The summed E-state index contributed by atoms with van der Waals surface area (Å²) >= 11 is 5.51. The molecule has 0 aliphatic carbocycles. The van der Waals surface area contributed by atoms with E-state index in [1.807, 2.05) is 20.8 Å². The fourth-order valence-corrected chi connectivity index (χ4v) is 1.58. The van der Waals surface area contributed by atoms with Crippen LogP contribution in [0.4, 0.5) is 4.79 Å². The zero-order valence-corrected chi connectivity index (χ0v) is 12.6. The number of hydrogen-bond acceptors (Lipinski definition) is 3. The van der Waals surface area contributed by atoms with E-state index in [1.54, 1.807) is 0 Å². The average molecular weight is 276 g/mol. The summed E-state index contributed by atoms with van der Waals surface area (Å²) in [5.41, 5.74) is 0.580. The van der Waals surface area contributed by atoms with Gasteiger partial charge in [0.25, 0.3) is 0 Å². The Morgan fingerprint density at radius 3 is 2.53 bits per heavy atom. The molecule has 0 saturated carbocycles. The number of halogens is 1. The number of aliphatic imine (C=N–C) groups is 1. The van der Waals surface area contributed by atoms with E-state index in [1.165, 1.54) is 4.90 Å². The van der Waals surface area contributed by atoms with E-state index in [9.17, 15) is 4.79 Å². The van der Waals surface area contributed by atoms with Gasteiger partial charge >= 0.3 is 25.0 Å². The largest absolute Gasteiger partial charge is 1.00 e. The monoisotopic (exact) mass is 275 g/mol. The molecule has 0 atom stereocenters. The second kappa shape index (κ2) is 7.19. The molecule has 1 amide bonds. The second-order valence-electron chi connectivity index (χ2n) is 5.06. The van der Waals surface area contributed by atoms with Crippen LogP contribution in [0.15, 0.2) is 15.7 Å². The molecule has 1 saturated heterocycles. The van der Waals surface area contributed by atoms with Gasteiger partial charge in [-0.15, -0.1) is 11.6 Å². The predicted octanol–water partition coefficient (Wildman–Crippen LogP) is -0.0552. The Labute approximate surface area is 131 Å². The molecule has 0 aromatic carbocycles. The molecule has 0 unspecified atom stereocenters. The van der Waals surface area contributed by atoms with Gasteiger partial charge in [-0.1, -0.05) is 10.9 Å². The van der Waals surface area contributed by atoms with Crippen molar-refractivity contribution in [2.45, 2.75) is 32.8 Å². The third kappa shape index (κ3) is 6.33. The van der Waals surface area contributed by atoms with Gasteiger partial charge in [0.1, 0.15) is 5.60 Å². The van der Waals surface area contributed by atoms with E-state index in [0.29, 0.717) is 24.3 Å². The maximum atomic E-state index is 11.9. The van der Waals surface area contributed by atoms with Crippen LogP contribution in [0.2, 0.25) is 0 Å². The van der Waals surface area contributed by atoms with E-state index in [4.69, 9.17) is 29.5 Å². The molecule has 6 heteroatoms. The number of likely N-dealkylation sites (tertiary alicyclic amines) is 1. The van der Waals surface area contributed by atoms with Gasteiger partial charge in [0, 0.05) is 6.54 Å². The number of carbonyl (C=O) groups excluding carboxylic acids is 1. The molecule has 1 aliphatic rings. The third-order valence-electron chi connectivity index (χ3n) is 2.26. The van der Waals surface area contributed by atoms with Gasteiger partial charge in [-0.3, -0.25) is 6.58 Å². The fraction of sp³-hybridized carbons (Fsp3) is 0.538. The first kappa shape index (κ1) is 18.3. The van der Waals surface area contributed by atoms with Crippen LogP contribution in [0, 0.1) is 13.2 Å². The van der Waals surface area contributed by atoms with Gasteiger partial charge in [0.2, 0.25) is 0 Å². The van der Waals surface area contributed by atoms with Crippen LogP contribution in [0.3, 0.4) is 0 Å². The van der Waals surface area contributed by atoms with E-state index >= 15 is 0 Å². The first-order valence-electron chi connectivity index (χ1n) is 5.64. The molecule has 4 nitrogen and oxygen atoms in total. The van der Waals surface area contributed by atoms with Crippen molar-refractivity contribution in [3.8, 4) is 0 Å². The molecule has 0 aromatic rings. The summed E-state index contributed by atoms with van der Waals surface area (Å²) in [4.78, 5) is 17.3. The predicted molar refractivity (Wildman–Crippen MR) is 71.3 cm³/mol. The van der Waals surface area contributed by atoms with E-state index in [0.717, 1.165) is 0 Å². The fourth-order valence-electron chi connectivity index (χ4n) is 1.48. The van der Waals surface area contributed by atoms with Gasteiger partial charge in [0.05, 0.1) is 0 Å². The minimum atomic E-state index is -0.529. The summed E-state index contributed by atoms with van der Waals surface area (Å²) in [7, 11) is 0. The number of rotatable bonds is 1. The smallest absolute Gasteiger partial charge is 0.476 e. The van der Waals surface area contributed by atoms with Gasteiger partial charge in [-0.05, 0) is 33.7 Å². The van der Waals surface area contributed by atoms with Crippen LogP contribution in [-0.2, 0) is 4.74 Å². The Bertz CT molecular complexity index is 413. The molecule has 0 aromatic heterocycles. The van der Waals surface area contributed by atoms with Crippen LogP contribution in [0.25, 0.3) is 0 Å². The van der Waals surface area contributed by atoms with Crippen LogP contribution in [0.1, 0.15) is 27.2 Å². The minimum absolute atomic E-state index is 0. The van der Waals surface area contributed by atoms with Gasteiger partial charge in [0.15, 0.2) is 0 Å². The van der Waals surface area contributed by atoms with Crippen molar-refractivity contribution in [1.82, 2.24) is 4.90 Å². The van der Waals surface area contributed by atoms with Crippen LogP contribution in [0.5, 0.6) is 0 Å². The van der Waals surface area contributed by atoms with Crippen molar-refractivity contribution in [1.29, 1.82) is 0 Å². The van der Waals surface area contributed by atoms with Crippen molar-refractivity contribution in [3.63, 3.8) is 0 Å². The van der Waals surface area contributed by atoms with Gasteiger partial charge in [-0.2, -0.15) is 0 Å². The van der Waals surface area contributed by atoms with Crippen molar-refractivity contribution >= 4 is 23.4 Å². The zero-order valence-electron chi connectivity index (χ0n) is 11.9. The molecule has 100 valence electrons. The van der Waals surface area contributed by atoms with E-state index < -0.39 is 11.7 Å². The first-order chi connectivity index (χ1) is 8.19. The molecule has 0 spiro atoms. The Kier molecular flexibility index (Phi) is 6.92. The number of piperidine rings is 1. The molecular formula is C13H17ClLiN2O2-. The maximum Gasteiger partial charge on any atom is 1.00 e. The molecule has 19 heavy (non-hydrogen) atoms. The third-order valence-corrected chi connectivity index (χ3v) is 2.34. The maximum absolute atomic E-state index is 11.9. The number of ether oxygens (including phenoxy) is 1. The van der Waals surface area contributed by atoms with E-state index in [-0.39, 0.29) is 30.6 Å². The number of hydrogen-bond donors (Lipinski definition) is 0. The van der Waals surface area contributed by atoms with E-state index in [2.05, 4.69) is 4.99 Å². The summed E-state index contributed by atoms with van der Waals surface area (Å²) in [6.07, 6.45) is 0.137. The summed E-state index contributed by atoms with van der Waals surface area (Å²) in [6, 6.07) is 0. The standard InChI is InChI=1S/C13H17ClN2O2.Li/c1-9-6-7-16(8-11(9)15-10(2)14)12(17)18-13(3,4)5;/h1-2H,6-8H2,3-5H3;/q-2;+1/b15-11-;. The number of carbonyl (C=O) groups is 1. The molecule has 0 N–H and O–H groups in total. The minimum Gasteiger partial charge on any atom is -0.476 e. The summed E-state index contributed by atoms with van der Waals surface area (Å²) in [6.45, 7) is 17.3. The second-order valence-corrected chi connectivity index (χ2v) is 5.45. The molecule has 0 radical (unpaired) electrons. The van der Waals surface area contributed by atoms with Crippen molar-refractivity contribution in [2.75, 3.05) is 13.1 Å². The van der Waals surface area contributed by atoms with Gasteiger partial charge in [-0.25, -0.2) is 10.4 Å². The SMILES string of the molecule is [CH-]=C(Cl)/N=C1/CN(C(=O)OC(C)(C)C)CCC1=[CH-].[Li+]. The summed E-state index contributed by atoms with van der Waals surface area (Å²) < 4.78 is 5.28. The molecule has 1 fully saturated rings. The summed E-state index contributed by atoms with van der Waals surface area (Å²) in [5.74, 6) is 0. The quantitative estimate of drug-likeness (QED) is 0.382. The summed E-state index contributed by atoms with van der Waals surface area (Å²) in [5, 5.41) is -0.0982. The Morgan fingerprint density at radius 1 is 1.47 bits per heavy atom. The molecule has 0 bridgehead atoms. The zero-order chi connectivity index (χ0) is 13.9. The number of amides is 1. The van der Waals surface area contributed by atoms with Crippen molar-refractivity contribution in [2.24, 2.45) is 4.99 Å². The Morgan fingerprint density at radius 2 is 2.05 bits per heavy atom. The molecule has 1 heterocycles. The number of nitrogens with zero attached hydrogens (tertiary/aromatic N) is 2. The normalized spacial score (nSPS) is 18.0. The Balaban J connectivity index is 0.00000324. The Hall–Kier alpha value is -0.693. The molecule has 1 rings (SSSR count). The first-order valence-corrected chi connectivity index (χ1v) is 6.02. The van der Waals surface area contributed by atoms with Gasteiger partial charge < -0.3 is 21.2 Å². The molecule has 1 aliphatic heterocycles. The average Bonchev–Trinajstić information content (AvgIpc) is 2.17.